The Morgan fingerprint density at radius 3 is 1.64 bits per heavy atom. The maximum atomic E-state index is 11.4. The average molecular weight is 340 g/mol. The number of unbranched alkanes of at least 4 members (excludes halogenated alkanes) is 1. The first kappa shape index (κ1) is 15.9. The van der Waals surface area contributed by atoms with Gasteiger partial charge in [-0.25, -0.2) is 0 Å². The maximum absolute atomic E-state index is 11.4. The van der Waals surface area contributed by atoms with Gasteiger partial charge in [0, 0.05) is 0 Å². The first-order valence-corrected chi connectivity index (χ1v) is 11.1. The molecule has 0 heterocycles. The zero-order valence-corrected chi connectivity index (χ0v) is 12.8. The Bertz CT molecular complexity index is 260. The van der Waals surface area contributed by atoms with E-state index in [1.54, 1.807) is 0 Å². The molecule has 0 amide bonds. The van der Waals surface area contributed by atoms with Gasteiger partial charge in [0.25, 0.3) is 11.7 Å². The molecule has 0 N–H and O–H groups in total. The van der Waals surface area contributed by atoms with Crippen LogP contribution in [0.3, 0.4) is 0 Å². The Morgan fingerprint density at radius 2 is 1.43 bits per heavy atom. The number of hydrogen-bond acceptors (Lipinski definition) is 2. The van der Waals surface area contributed by atoms with Crippen LogP contribution in [-0.2, 0) is 9.13 Å². The normalized spacial score (nSPS) is 14.4. The van der Waals surface area contributed by atoms with E-state index in [0.29, 0.717) is 6.42 Å². The van der Waals surface area contributed by atoms with Crippen LogP contribution in [0.15, 0.2) is 0 Å². The van der Waals surface area contributed by atoms with E-state index in [4.69, 9.17) is 56.6 Å². The van der Waals surface area contributed by atoms with Crippen LogP contribution in [0.5, 0.6) is 0 Å². The highest BCUT2D eigenvalue weighted by molar-refractivity contribution is 8.24. The first-order chi connectivity index (χ1) is 6.06. The van der Waals surface area contributed by atoms with Crippen molar-refractivity contribution in [3.63, 3.8) is 0 Å². The van der Waals surface area contributed by atoms with Crippen molar-refractivity contribution in [2.75, 3.05) is 0 Å². The number of halogens is 5. The lowest BCUT2D eigenvalue weighted by molar-refractivity contribution is 0.567. The van der Waals surface area contributed by atoms with Crippen LogP contribution in [0.4, 0.5) is 0 Å². The molecule has 86 valence electrons. The minimum Gasteiger partial charge on any atom is -0.287 e. The molecular formula is C5H9Cl5O2P2. The third-order valence-corrected chi connectivity index (χ3v) is 12.9. The van der Waals surface area contributed by atoms with Crippen LogP contribution in [0.25, 0.3) is 0 Å². The second-order valence-corrected chi connectivity index (χ2v) is 14.4. The highest BCUT2D eigenvalue weighted by Gasteiger charge is 2.56. The van der Waals surface area contributed by atoms with E-state index >= 15 is 0 Å². The molecule has 0 saturated heterocycles. The van der Waals surface area contributed by atoms with Crippen molar-refractivity contribution >= 4 is 68.3 Å². The van der Waals surface area contributed by atoms with Crippen molar-refractivity contribution in [2.24, 2.45) is 0 Å². The minimum atomic E-state index is -3.86. The van der Waals surface area contributed by atoms with E-state index in [0.717, 1.165) is 6.42 Å². The van der Waals surface area contributed by atoms with Gasteiger partial charge in [0.1, 0.15) is 0 Å². The Hall–Kier alpha value is 1.91. The van der Waals surface area contributed by atoms with Gasteiger partial charge in [0.05, 0.1) is 0 Å². The van der Waals surface area contributed by atoms with E-state index in [9.17, 15) is 9.13 Å². The lowest BCUT2D eigenvalue weighted by atomic mass is 10.3. The molecule has 14 heavy (non-hydrogen) atoms. The summed E-state index contributed by atoms with van der Waals surface area (Å²) in [5.41, 5.74) is 0. The molecule has 2 nitrogen and oxygen atoms in total. The lowest BCUT2D eigenvalue weighted by Gasteiger charge is -2.27. The summed E-state index contributed by atoms with van der Waals surface area (Å²) in [4.78, 5) is 0. The van der Waals surface area contributed by atoms with Gasteiger partial charge in [0.15, 0.2) is 0 Å². The van der Waals surface area contributed by atoms with Gasteiger partial charge in [0.2, 0.25) is 4.36 Å². The molecule has 0 aromatic rings. The van der Waals surface area contributed by atoms with E-state index in [-0.39, 0.29) is 6.42 Å². The first-order valence-electron chi connectivity index (χ1n) is 3.74. The van der Waals surface area contributed by atoms with Crippen molar-refractivity contribution in [2.45, 2.75) is 30.5 Å². The Morgan fingerprint density at radius 1 is 1.07 bits per heavy atom. The molecule has 0 saturated carbocycles. The molecule has 9 heteroatoms. The molecule has 0 aromatic carbocycles. The summed E-state index contributed by atoms with van der Waals surface area (Å²) >= 11 is 27.5. The van der Waals surface area contributed by atoms with Gasteiger partial charge in [-0.15, -0.1) is 0 Å². The van der Waals surface area contributed by atoms with Gasteiger partial charge < -0.3 is 0 Å². The lowest BCUT2D eigenvalue weighted by Crippen LogP contribution is -2.13. The molecule has 0 bridgehead atoms. The topological polar surface area (TPSA) is 34.1 Å². The van der Waals surface area contributed by atoms with Crippen LogP contribution >= 0.6 is 68.3 Å². The van der Waals surface area contributed by atoms with Crippen LogP contribution in [-0.4, -0.2) is 4.36 Å². The number of rotatable bonds is 5. The predicted molar refractivity (Wildman–Crippen MR) is 66.7 cm³/mol. The number of hydrogen-bond donors (Lipinski definition) is 0. The van der Waals surface area contributed by atoms with Crippen molar-refractivity contribution in [1.29, 1.82) is 0 Å². The molecule has 0 unspecified atom stereocenters. The van der Waals surface area contributed by atoms with E-state index in [2.05, 4.69) is 0 Å². The summed E-state index contributed by atoms with van der Waals surface area (Å²) < 4.78 is 21.0. The third kappa shape index (κ3) is 3.74. The molecule has 0 aliphatic rings. The van der Waals surface area contributed by atoms with Crippen molar-refractivity contribution in [1.82, 2.24) is 0 Å². The molecule has 0 fully saturated rings. The molecule has 0 aliphatic heterocycles. The van der Waals surface area contributed by atoms with E-state index < -0.39 is 16.1 Å². The Kier molecular flexibility index (Phi) is 6.25. The van der Waals surface area contributed by atoms with Crippen molar-refractivity contribution in [3.8, 4) is 0 Å². The highest BCUT2D eigenvalue weighted by Crippen LogP contribution is 2.87. The SMILES string of the molecule is CCCCC(Cl)(P(=O)(Cl)Cl)P(=O)(Cl)Cl. The monoisotopic (exact) mass is 338 g/mol. The van der Waals surface area contributed by atoms with E-state index in [1.807, 2.05) is 6.92 Å². The Labute approximate surface area is 107 Å². The van der Waals surface area contributed by atoms with Crippen LogP contribution in [0.1, 0.15) is 26.2 Å². The summed E-state index contributed by atoms with van der Waals surface area (Å²) in [6.45, 7) is 1.87. The summed E-state index contributed by atoms with van der Waals surface area (Å²) in [7, 11) is 0. The smallest absolute Gasteiger partial charge is 0.283 e. The second kappa shape index (κ2) is 5.50. The molecule has 0 spiro atoms. The molecule has 0 atom stereocenters. The predicted octanol–water partition coefficient (Wildman–Crippen LogP) is 6.41. The summed E-state index contributed by atoms with van der Waals surface area (Å²) in [5, 5.41) is 0. The van der Waals surface area contributed by atoms with Gasteiger partial charge in [-0.05, 0) is 51.4 Å². The highest BCUT2D eigenvalue weighted by atomic mass is 35.9. The van der Waals surface area contributed by atoms with Gasteiger partial charge in [-0.2, -0.15) is 0 Å². The minimum absolute atomic E-state index is 0.0552. The summed E-state index contributed by atoms with van der Waals surface area (Å²) in [5.74, 6) is -7.71. The molecule has 0 radical (unpaired) electrons. The molecule has 0 aromatic heterocycles. The molecule has 0 aliphatic carbocycles. The van der Waals surface area contributed by atoms with Gasteiger partial charge in [-0.1, -0.05) is 31.4 Å². The van der Waals surface area contributed by atoms with Crippen molar-refractivity contribution < 1.29 is 9.13 Å². The standard InChI is InChI=1S/C5H9Cl5O2P2/c1-2-3-4-5(6,13(7,8)11)14(9,10)12/h2-4H2,1H3. The van der Waals surface area contributed by atoms with Gasteiger partial charge >= 0.3 is 0 Å². The fourth-order valence-electron chi connectivity index (χ4n) is 0.798. The Balaban J connectivity index is 5.08. The van der Waals surface area contributed by atoms with Crippen molar-refractivity contribution in [3.05, 3.63) is 0 Å². The van der Waals surface area contributed by atoms with Crippen LogP contribution in [0.2, 0.25) is 0 Å². The fraction of sp³-hybridized carbons (Fsp3) is 1.00. The maximum Gasteiger partial charge on any atom is 0.283 e. The largest absolute Gasteiger partial charge is 0.287 e. The quantitative estimate of drug-likeness (QED) is 0.428. The molecule has 0 rings (SSSR count). The molecular weight excluding hydrogens is 331 g/mol. The van der Waals surface area contributed by atoms with Gasteiger partial charge in [-0.3, -0.25) is 9.13 Å². The fourth-order valence-corrected chi connectivity index (χ4v) is 9.09. The van der Waals surface area contributed by atoms with E-state index in [1.165, 1.54) is 0 Å². The second-order valence-electron chi connectivity index (χ2n) is 2.75. The average Bonchev–Trinajstić information content (AvgIpc) is 1.95. The summed E-state index contributed by atoms with van der Waals surface area (Å²) in [6, 6.07) is 0. The number of alkyl halides is 1. The third-order valence-electron chi connectivity index (χ3n) is 1.65. The van der Waals surface area contributed by atoms with Crippen LogP contribution < -0.4 is 0 Å². The van der Waals surface area contributed by atoms with Crippen LogP contribution in [0, 0.1) is 0 Å². The zero-order chi connectivity index (χ0) is 11.6. The summed E-state index contributed by atoms with van der Waals surface area (Å²) in [6.07, 6.45) is 1.34. The zero-order valence-electron chi connectivity index (χ0n) is 7.22.